The smallest absolute Gasteiger partial charge is 0.459 e. The van der Waals surface area contributed by atoms with Crippen LogP contribution in [0, 0.1) is 0 Å². The van der Waals surface area contributed by atoms with Crippen molar-refractivity contribution in [2.75, 3.05) is 0 Å². The third-order valence-electron chi connectivity index (χ3n) is 1.70. The molecule has 0 atom stereocenters. The molecular weight excluding hydrogens is 307 g/mol. The number of ether oxygens (including phenoxy) is 1. The molecule has 0 saturated carbocycles. The molecular formula is C9H10F3NO4S2. The molecule has 108 valence electrons. The van der Waals surface area contributed by atoms with E-state index in [1.807, 2.05) is 0 Å². The molecule has 0 saturated heterocycles. The maximum Gasteiger partial charge on any atom is 0.470 e. The van der Waals surface area contributed by atoms with Crippen molar-refractivity contribution < 1.29 is 31.1 Å². The lowest BCUT2D eigenvalue weighted by Crippen LogP contribution is -2.37. The molecule has 1 rings (SSSR count). The van der Waals surface area contributed by atoms with Gasteiger partial charge in [0, 0.05) is 0 Å². The molecule has 0 fully saturated rings. The number of carbonyl (C=O) groups is 1. The Morgan fingerprint density at radius 2 is 2.00 bits per heavy atom. The van der Waals surface area contributed by atoms with Gasteiger partial charge in [-0.05, 0) is 25.3 Å². The van der Waals surface area contributed by atoms with E-state index in [2.05, 4.69) is 0 Å². The summed E-state index contributed by atoms with van der Waals surface area (Å²) in [4.78, 5) is 10.4. The van der Waals surface area contributed by atoms with Crippen LogP contribution in [0.2, 0.25) is 0 Å². The van der Waals surface area contributed by atoms with Crippen molar-refractivity contribution in [2.24, 2.45) is 0 Å². The van der Waals surface area contributed by atoms with E-state index in [4.69, 9.17) is 4.74 Å². The van der Waals surface area contributed by atoms with Crippen molar-refractivity contribution >= 4 is 27.3 Å². The van der Waals surface area contributed by atoms with Gasteiger partial charge in [0.2, 0.25) is 10.0 Å². The van der Waals surface area contributed by atoms with E-state index in [0.29, 0.717) is 16.1 Å². The molecule has 0 radical (unpaired) electrons. The first-order valence-corrected chi connectivity index (χ1v) is 7.28. The molecule has 1 aromatic heterocycles. The fourth-order valence-corrected chi connectivity index (χ4v) is 3.35. The zero-order chi connectivity index (χ0) is 14.8. The molecule has 1 heterocycles. The fraction of sp³-hybridized carbons (Fsp3) is 0.444. The topological polar surface area (TPSA) is 72.5 Å². The second-order valence-corrected chi connectivity index (χ2v) is 6.24. The van der Waals surface area contributed by atoms with Gasteiger partial charge in [-0.2, -0.15) is 13.2 Å². The zero-order valence-electron chi connectivity index (χ0n) is 9.82. The lowest BCUT2D eigenvalue weighted by atomic mass is 10.4. The van der Waals surface area contributed by atoms with Crippen molar-refractivity contribution in [2.45, 2.75) is 31.1 Å². The van der Waals surface area contributed by atoms with Crippen LogP contribution in [0.1, 0.15) is 23.5 Å². The average Bonchev–Trinajstić information content (AvgIpc) is 2.60. The SMILES string of the molecule is CC(C)OC(=O)c1sccc1S(=O)(=O)NC(F)(F)F. The van der Waals surface area contributed by atoms with E-state index < -0.39 is 38.2 Å². The molecule has 0 aliphatic heterocycles. The predicted octanol–water partition coefficient (Wildman–Crippen LogP) is 2.11. The molecule has 0 aromatic carbocycles. The van der Waals surface area contributed by atoms with Crippen molar-refractivity contribution in [1.82, 2.24) is 4.72 Å². The second-order valence-electron chi connectivity index (χ2n) is 3.67. The first-order valence-electron chi connectivity index (χ1n) is 4.92. The van der Waals surface area contributed by atoms with E-state index >= 15 is 0 Å². The third-order valence-corrected chi connectivity index (χ3v) is 4.14. The molecule has 1 aromatic rings. The minimum Gasteiger partial charge on any atom is -0.459 e. The summed E-state index contributed by atoms with van der Waals surface area (Å²) < 4.78 is 64.5. The number of carbonyl (C=O) groups excluding carboxylic acids is 1. The Hall–Kier alpha value is -1.13. The monoisotopic (exact) mass is 317 g/mol. The van der Waals surface area contributed by atoms with Crippen molar-refractivity contribution in [1.29, 1.82) is 0 Å². The zero-order valence-corrected chi connectivity index (χ0v) is 11.4. The van der Waals surface area contributed by atoms with Gasteiger partial charge in [0.25, 0.3) is 0 Å². The van der Waals surface area contributed by atoms with E-state index in [1.165, 1.54) is 19.2 Å². The normalized spacial score (nSPS) is 12.7. The van der Waals surface area contributed by atoms with Crippen LogP contribution < -0.4 is 4.72 Å². The Morgan fingerprint density at radius 1 is 1.42 bits per heavy atom. The van der Waals surface area contributed by atoms with Crippen LogP contribution in [0.3, 0.4) is 0 Å². The van der Waals surface area contributed by atoms with Crippen LogP contribution in [-0.4, -0.2) is 26.8 Å². The van der Waals surface area contributed by atoms with Crippen molar-refractivity contribution in [3.8, 4) is 0 Å². The maximum absolute atomic E-state index is 12.1. The van der Waals surface area contributed by atoms with Crippen molar-refractivity contribution in [3.63, 3.8) is 0 Å². The molecule has 0 aliphatic carbocycles. The average molecular weight is 317 g/mol. The quantitative estimate of drug-likeness (QED) is 0.682. The van der Waals surface area contributed by atoms with Crippen LogP contribution in [0.4, 0.5) is 13.2 Å². The molecule has 0 spiro atoms. The third kappa shape index (κ3) is 4.48. The Balaban J connectivity index is 3.10. The number of esters is 1. The summed E-state index contributed by atoms with van der Waals surface area (Å²) in [5.74, 6) is -0.979. The highest BCUT2D eigenvalue weighted by atomic mass is 32.2. The van der Waals surface area contributed by atoms with E-state index in [9.17, 15) is 26.4 Å². The summed E-state index contributed by atoms with van der Waals surface area (Å²) in [7, 11) is -4.85. The molecule has 5 nitrogen and oxygen atoms in total. The van der Waals surface area contributed by atoms with Gasteiger partial charge in [0.1, 0.15) is 9.77 Å². The van der Waals surface area contributed by atoms with Gasteiger partial charge < -0.3 is 4.74 Å². The van der Waals surface area contributed by atoms with Crippen LogP contribution >= 0.6 is 11.3 Å². The molecule has 10 heteroatoms. The summed E-state index contributed by atoms with van der Waals surface area (Å²) >= 11 is 0.691. The highest BCUT2D eigenvalue weighted by molar-refractivity contribution is 7.89. The van der Waals surface area contributed by atoms with E-state index in [1.54, 1.807) is 0 Å². The minimum absolute atomic E-state index is 0.398. The van der Waals surface area contributed by atoms with Gasteiger partial charge in [-0.1, -0.05) is 0 Å². The largest absolute Gasteiger partial charge is 0.470 e. The molecule has 0 bridgehead atoms. The van der Waals surface area contributed by atoms with Crippen LogP contribution in [0.25, 0.3) is 0 Å². The first kappa shape index (κ1) is 15.9. The van der Waals surface area contributed by atoms with Crippen LogP contribution in [0.15, 0.2) is 16.3 Å². The van der Waals surface area contributed by atoms with Crippen LogP contribution in [0.5, 0.6) is 0 Å². The lowest BCUT2D eigenvalue weighted by Gasteiger charge is -2.11. The Kier molecular flexibility index (Phi) is 4.59. The van der Waals surface area contributed by atoms with Crippen molar-refractivity contribution in [3.05, 3.63) is 16.3 Å². The Morgan fingerprint density at radius 3 is 2.47 bits per heavy atom. The first-order chi connectivity index (χ1) is 8.53. The summed E-state index contributed by atoms with van der Waals surface area (Å²) in [5.41, 5.74) is 0. The number of alkyl halides is 3. The van der Waals surface area contributed by atoms with E-state index in [-0.39, 0.29) is 0 Å². The standard InChI is InChI=1S/C9H10F3NO4S2/c1-5(2)17-8(14)7-6(3-4-18-7)19(15,16)13-9(10,11)12/h3-5,13H,1-2H3. The summed E-state index contributed by atoms with van der Waals surface area (Å²) in [5, 5.41) is 1.20. The molecule has 0 unspecified atom stereocenters. The number of halogens is 3. The Labute approximate surface area is 111 Å². The Bertz CT molecular complexity index is 562. The highest BCUT2D eigenvalue weighted by Gasteiger charge is 2.37. The summed E-state index contributed by atoms with van der Waals surface area (Å²) in [6, 6.07) is 0.912. The second kappa shape index (κ2) is 5.47. The van der Waals surface area contributed by atoms with Gasteiger partial charge in [-0.15, -0.1) is 16.1 Å². The fourth-order valence-electron chi connectivity index (χ4n) is 1.13. The van der Waals surface area contributed by atoms with Gasteiger partial charge in [-0.25, -0.2) is 13.2 Å². The number of hydrogen-bond acceptors (Lipinski definition) is 5. The maximum atomic E-state index is 12.1. The van der Waals surface area contributed by atoms with Gasteiger partial charge >= 0.3 is 12.3 Å². The predicted molar refractivity (Wildman–Crippen MR) is 61.2 cm³/mol. The molecule has 0 aliphatic rings. The number of nitrogens with one attached hydrogen (secondary N) is 1. The number of thiophene rings is 1. The molecule has 1 N–H and O–H groups in total. The lowest BCUT2D eigenvalue weighted by molar-refractivity contribution is -0.138. The van der Waals surface area contributed by atoms with Gasteiger partial charge in [0.05, 0.1) is 6.10 Å². The van der Waals surface area contributed by atoms with E-state index in [0.717, 1.165) is 6.07 Å². The minimum atomic E-state index is -5.11. The number of rotatable bonds is 4. The summed E-state index contributed by atoms with van der Waals surface area (Å²) in [6.07, 6.45) is -5.62. The van der Waals surface area contributed by atoms with Gasteiger partial charge in [-0.3, -0.25) is 0 Å². The van der Waals surface area contributed by atoms with Gasteiger partial charge in [0.15, 0.2) is 0 Å². The molecule has 0 amide bonds. The van der Waals surface area contributed by atoms with Crippen LogP contribution in [-0.2, 0) is 14.8 Å². The number of sulfonamides is 1. The number of hydrogen-bond donors (Lipinski definition) is 1. The highest BCUT2D eigenvalue weighted by Crippen LogP contribution is 2.25. The summed E-state index contributed by atoms with van der Waals surface area (Å²) in [6.45, 7) is 3.07. The molecule has 19 heavy (non-hydrogen) atoms.